The van der Waals surface area contributed by atoms with Gasteiger partial charge in [0.05, 0.1) is 12.3 Å². The van der Waals surface area contributed by atoms with Crippen molar-refractivity contribution in [3.8, 4) is 11.5 Å². The highest BCUT2D eigenvalue weighted by Gasteiger charge is 2.27. The van der Waals surface area contributed by atoms with Crippen LogP contribution >= 0.6 is 0 Å². The average Bonchev–Trinajstić information content (AvgIpc) is 3.22. The van der Waals surface area contributed by atoms with Crippen LogP contribution in [0.25, 0.3) is 11.5 Å². The molecule has 1 aliphatic rings. The minimum Gasteiger partial charge on any atom is -0.419 e. The smallest absolute Gasteiger partial charge is 0.264 e. The summed E-state index contributed by atoms with van der Waals surface area (Å²) in [7, 11) is 0. The predicted octanol–water partition coefficient (Wildman–Crippen LogP) is 1.91. The molecule has 0 fully saturated rings. The average molecular weight is 300 g/mol. The van der Waals surface area contributed by atoms with Crippen molar-refractivity contribution >= 4 is 11.6 Å². The largest absolute Gasteiger partial charge is 0.419 e. The molecule has 1 aromatic carbocycles. The maximum absolute atomic E-state index is 12.0. The Hall–Kier alpha value is -2.70. The van der Waals surface area contributed by atoms with Gasteiger partial charge in [0, 0.05) is 12.0 Å². The second kappa shape index (κ2) is 6.38. The number of aromatic nitrogens is 2. The van der Waals surface area contributed by atoms with E-state index in [0.717, 1.165) is 17.7 Å². The third-order valence-corrected chi connectivity index (χ3v) is 3.33. The van der Waals surface area contributed by atoms with Crippen molar-refractivity contribution in [2.45, 2.75) is 32.4 Å². The first-order chi connectivity index (χ1) is 10.8. The van der Waals surface area contributed by atoms with Gasteiger partial charge in [-0.2, -0.15) is 0 Å². The molecule has 0 bridgehead atoms. The van der Waals surface area contributed by atoms with Gasteiger partial charge in [0.15, 0.2) is 0 Å². The summed E-state index contributed by atoms with van der Waals surface area (Å²) in [5, 5.41) is 14.5. The zero-order valence-corrected chi connectivity index (χ0v) is 12.2. The summed E-state index contributed by atoms with van der Waals surface area (Å²) in [4.78, 5) is 17.0. The molecule has 0 spiro atoms. The topological polar surface area (TPSA) is 89.6 Å². The molecule has 0 radical (unpaired) electrons. The molecule has 22 heavy (non-hydrogen) atoms. The molecule has 1 aliphatic heterocycles. The maximum Gasteiger partial charge on any atom is 0.264 e. The number of nitrogens with zero attached hydrogens (tertiary/aromatic N) is 3. The van der Waals surface area contributed by atoms with Crippen molar-refractivity contribution in [3.63, 3.8) is 0 Å². The molecule has 3 rings (SSSR count). The van der Waals surface area contributed by atoms with Gasteiger partial charge in [0.25, 0.3) is 5.91 Å². The first-order valence-electron chi connectivity index (χ1n) is 7.13. The summed E-state index contributed by atoms with van der Waals surface area (Å²) in [5.41, 5.74) is 1.73. The zero-order chi connectivity index (χ0) is 15.4. The van der Waals surface area contributed by atoms with E-state index < -0.39 is 6.10 Å². The summed E-state index contributed by atoms with van der Waals surface area (Å²) in [6.07, 6.45) is 0.751. The lowest BCUT2D eigenvalue weighted by Crippen LogP contribution is -2.34. The van der Waals surface area contributed by atoms with E-state index >= 15 is 0 Å². The van der Waals surface area contributed by atoms with Crippen LogP contribution in [0.4, 0.5) is 0 Å². The number of carbonyl (C=O) groups is 1. The highest BCUT2D eigenvalue weighted by Crippen LogP contribution is 2.17. The number of hydrogen-bond acceptors (Lipinski definition) is 6. The fourth-order valence-electron chi connectivity index (χ4n) is 2.08. The monoisotopic (exact) mass is 300 g/mol. The van der Waals surface area contributed by atoms with Gasteiger partial charge in [-0.1, -0.05) is 30.3 Å². The summed E-state index contributed by atoms with van der Waals surface area (Å²) < 4.78 is 5.52. The van der Waals surface area contributed by atoms with Gasteiger partial charge in [-0.05, 0) is 18.6 Å². The van der Waals surface area contributed by atoms with Crippen LogP contribution in [0.1, 0.15) is 25.7 Å². The summed E-state index contributed by atoms with van der Waals surface area (Å²) in [6.45, 7) is 2.14. The van der Waals surface area contributed by atoms with E-state index in [1.54, 1.807) is 0 Å². The summed E-state index contributed by atoms with van der Waals surface area (Å²) in [6, 6.07) is 9.46. The molecule has 2 aromatic rings. The second-order valence-electron chi connectivity index (χ2n) is 4.89. The van der Waals surface area contributed by atoms with Crippen LogP contribution < -0.4 is 5.32 Å². The van der Waals surface area contributed by atoms with Crippen molar-refractivity contribution in [3.05, 3.63) is 36.2 Å². The Kier molecular flexibility index (Phi) is 4.13. The molecule has 1 aromatic heterocycles. The molecule has 1 atom stereocenters. The Morgan fingerprint density at radius 1 is 1.32 bits per heavy atom. The lowest BCUT2D eigenvalue weighted by molar-refractivity contribution is -0.131. The minimum atomic E-state index is -0.563. The van der Waals surface area contributed by atoms with Crippen LogP contribution in [0.2, 0.25) is 0 Å². The molecule has 2 heterocycles. The molecule has 1 unspecified atom stereocenters. The van der Waals surface area contributed by atoms with Gasteiger partial charge in [0.2, 0.25) is 17.9 Å². The number of amides is 1. The van der Waals surface area contributed by atoms with E-state index in [1.165, 1.54) is 0 Å². The second-order valence-corrected chi connectivity index (χ2v) is 4.89. The molecule has 7 nitrogen and oxygen atoms in total. The Morgan fingerprint density at radius 3 is 2.86 bits per heavy atom. The molecule has 0 saturated carbocycles. The van der Waals surface area contributed by atoms with Crippen LogP contribution in [0.3, 0.4) is 0 Å². The zero-order valence-electron chi connectivity index (χ0n) is 12.2. The molecule has 1 amide bonds. The molecule has 1 N–H and O–H groups in total. The fourth-order valence-corrected chi connectivity index (χ4v) is 2.08. The van der Waals surface area contributed by atoms with Crippen molar-refractivity contribution < 1.29 is 14.0 Å². The number of oxime groups is 1. The fraction of sp³-hybridized carbons (Fsp3) is 0.333. The van der Waals surface area contributed by atoms with E-state index in [2.05, 4.69) is 20.7 Å². The molecule has 0 saturated heterocycles. The van der Waals surface area contributed by atoms with Crippen molar-refractivity contribution in [1.82, 2.24) is 15.5 Å². The quantitative estimate of drug-likeness (QED) is 0.911. The van der Waals surface area contributed by atoms with E-state index in [9.17, 15) is 4.79 Å². The number of rotatable bonds is 5. The van der Waals surface area contributed by atoms with Crippen LogP contribution in [0, 0.1) is 0 Å². The lowest BCUT2D eigenvalue weighted by atomic mass is 10.1. The summed E-state index contributed by atoms with van der Waals surface area (Å²) >= 11 is 0. The molecule has 0 aliphatic carbocycles. The predicted molar refractivity (Wildman–Crippen MR) is 78.8 cm³/mol. The SMILES string of the molecule is CCC1=NOC(C(=O)NCc2nnc(-c3ccccc3)o2)C1. The maximum atomic E-state index is 12.0. The van der Waals surface area contributed by atoms with E-state index in [0.29, 0.717) is 18.2 Å². The van der Waals surface area contributed by atoms with E-state index in [-0.39, 0.29) is 12.5 Å². The van der Waals surface area contributed by atoms with Gasteiger partial charge < -0.3 is 14.6 Å². The standard InChI is InChI=1S/C15H16N4O3/c1-2-11-8-12(22-19-11)14(20)16-9-13-17-18-15(21-13)10-6-4-3-5-7-10/h3-7,12H,2,8-9H2,1H3,(H,16,20). The molecular weight excluding hydrogens is 284 g/mol. The van der Waals surface area contributed by atoms with Crippen LogP contribution in [-0.2, 0) is 16.2 Å². The van der Waals surface area contributed by atoms with Crippen LogP contribution in [0.5, 0.6) is 0 Å². The van der Waals surface area contributed by atoms with Crippen molar-refractivity contribution in [1.29, 1.82) is 0 Å². The highest BCUT2D eigenvalue weighted by atomic mass is 16.6. The van der Waals surface area contributed by atoms with Gasteiger partial charge in [0.1, 0.15) is 0 Å². The van der Waals surface area contributed by atoms with Crippen LogP contribution in [0.15, 0.2) is 39.9 Å². The highest BCUT2D eigenvalue weighted by molar-refractivity contribution is 5.92. The van der Waals surface area contributed by atoms with Crippen molar-refractivity contribution in [2.75, 3.05) is 0 Å². The Bertz CT molecular complexity index is 681. The number of nitrogens with one attached hydrogen (secondary N) is 1. The molecule has 7 heteroatoms. The van der Waals surface area contributed by atoms with Gasteiger partial charge in [-0.3, -0.25) is 4.79 Å². The van der Waals surface area contributed by atoms with Gasteiger partial charge >= 0.3 is 0 Å². The molecular formula is C15H16N4O3. The van der Waals surface area contributed by atoms with E-state index in [1.807, 2.05) is 37.3 Å². The van der Waals surface area contributed by atoms with E-state index in [4.69, 9.17) is 9.25 Å². The minimum absolute atomic E-state index is 0.167. The van der Waals surface area contributed by atoms with Gasteiger partial charge in [-0.25, -0.2) is 0 Å². The Morgan fingerprint density at radius 2 is 2.14 bits per heavy atom. The Labute approximate surface area is 127 Å². The Balaban J connectivity index is 1.54. The first kappa shape index (κ1) is 14.2. The van der Waals surface area contributed by atoms with Gasteiger partial charge in [-0.15, -0.1) is 10.2 Å². The third kappa shape index (κ3) is 3.13. The number of carbonyl (C=O) groups excluding carboxylic acids is 1. The first-order valence-corrected chi connectivity index (χ1v) is 7.13. The number of benzene rings is 1. The third-order valence-electron chi connectivity index (χ3n) is 3.33. The molecule has 114 valence electrons. The van der Waals surface area contributed by atoms with Crippen molar-refractivity contribution in [2.24, 2.45) is 5.16 Å². The lowest BCUT2D eigenvalue weighted by Gasteiger charge is -2.07. The number of hydrogen-bond donors (Lipinski definition) is 1. The normalized spacial score (nSPS) is 17.0. The van der Waals surface area contributed by atoms with Crippen LogP contribution in [-0.4, -0.2) is 27.9 Å². The summed E-state index contributed by atoms with van der Waals surface area (Å²) in [5.74, 6) is 0.548.